The van der Waals surface area contributed by atoms with Crippen molar-refractivity contribution in [3.05, 3.63) is 63.3 Å². The van der Waals surface area contributed by atoms with E-state index in [4.69, 9.17) is 17.3 Å². The van der Waals surface area contributed by atoms with Crippen LogP contribution in [0.4, 0.5) is 0 Å². The van der Waals surface area contributed by atoms with Gasteiger partial charge in [-0.2, -0.15) is 0 Å². The smallest absolute Gasteiger partial charge is 0.255 e. The summed E-state index contributed by atoms with van der Waals surface area (Å²) in [5, 5.41) is 0.167. The maximum atomic E-state index is 11.6. The third-order valence-corrected chi connectivity index (χ3v) is 2.64. The van der Waals surface area contributed by atoms with E-state index in [-0.39, 0.29) is 10.7 Å². The summed E-state index contributed by atoms with van der Waals surface area (Å²) in [4.78, 5) is 26.3. The largest absolute Gasteiger partial charge is 0.366 e. The van der Waals surface area contributed by atoms with E-state index in [1.54, 1.807) is 24.3 Å². The molecule has 0 saturated heterocycles. The summed E-state index contributed by atoms with van der Waals surface area (Å²) < 4.78 is 1.42. The Labute approximate surface area is 108 Å². The fraction of sp³-hybridized carbons (Fsp3) is 0.0833. The molecule has 1 amide bonds. The maximum Gasteiger partial charge on any atom is 0.255 e. The maximum absolute atomic E-state index is 11.6. The molecular formula is C12H10ClN3O2. The Morgan fingerprint density at radius 3 is 2.56 bits per heavy atom. The molecule has 1 heterocycles. The normalized spacial score (nSPS) is 10.3. The topological polar surface area (TPSA) is 78.0 Å². The lowest BCUT2D eigenvalue weighted by Crippen LogP contribution is -2.20. The van der Waals surface area contributed by atoms with Gasteiger partial charge >= 0.3 is 0 Å². The van der Waals surface area contributed by atoms with Crippen LogP contribution in [0, 0.1) is 0 Å². The fourth-order valence-corrected chi connectivity index (χ4v) is 1.63. The van der Waals surface area contributed by atoms with E-state index < -0.39 is 5.91 Å². The molecule has 0 aliphatic heterocycles. The first-order chi connectivity index (χ1) is 8.56. The Kier molecular flexibility index (Phi) is 3.43. The molecule has 5 nitrogen and oxygen atoms in total. The van der Waals surface area contributed by atoms with Gasteiger partial charge in [0.15, 0.2) is 0 Å². The number of carbonyl (C=O) groups excluding carboxylic acids is 1. The van der Waals surface area contributed by atoms with Crippen LogP contribution in [0.5, 0.6) is 0 Å². The molecule has 0 aliphatic rings. The molecule has 1 aromatic carbocycles. The number of amides is 1. The molecule has 0 saturated carbocycles. The molecule has 0 radical (unpaired) electrons. The van der Waals surface area contributed by atoms with Crippen LogP contribution < -0.4 is 11.3 Å². The van der Waals surface area contributed by atoms with Crippen molar-refractivity contribution in [3.8, 4) is 0 Å². The highest BCUT2D eigenvalue weighted by Gasteiger charge is 2.02. The molecule has 18 heavy (non-hydrogen) atoms. The number of nitrogens with zero attached hydrogens (tertiary/aromatic N) is 2. The fourth-order valence-electron chi connectivity index (χ4n) is 1.49. The molecule has 0 bridgehead atoms. The summed E-state index contributed by atoms with van der Waals surface area (Å²) in [5.74, 6) is -0.480. The minimum atomic E-state index is -0.480. The number of hydrogen-bond acceptors (Lipinski definition) is 3. The van der Waals surface area contributed by atoms with Gasteiger partial charge in [-0.1, -0.05) is 23.7 Å². The van der Waals surface area contributed by atoms with Crippen molar-refractivity contribution in [2.24, 2.45) is 5.73 Å². The van der Waals surface area contributed by atoms with Gasteiger partial charge in [-0.25, -0.2) is 4.98 Å². The van der Waals surface area contributed by atoms with E-state index >= 15 is 0 Å². The number of benzene rings is 1. The van der Waals surface area contributed by atoms with Gasteiger partial charge < -0.3 is 5.73 Å². The lowest BCUT2D eigenvalue weighted by atomic mass is 10.1. The second-order valence-electron chi connectivity index (χ2n) is 3.74. The van der Waals surface area contributed by atoms with Crippen molar-refractivity contribution >= 4 is 17.5 Å². The number of aromatic nitrogens is 2. The van der Waals surface area contributed by atoms with E-state index in [0.29, 0.717) is 12.1 Å². The van der Waals surface area contributed by atoms with E-state index in [2.05, 4.69) is 4.98 Å². The third kappa shape index (κ3) is 2.75. The zero-order chi connectivity index (χ0) is 13.1. The van der Waals surface area contributed by atoms with Crippen molar-refractivity contribution in [1.29, 1.82) is 0 Å². The zero-order valence-corrected chi connectivity index (χ0v) is 10.1. The van der Waals surface area contributed by atoms with Gasteiger partial charge in [-0.05, 0) is 17.7 Å². The number of rotatable bonds is 3. The highest BCUT2D eigenvalue weighted by molar-refractivity contribution is 6.29. The van der Waals surface area contributed by atoms with Gasteiger partial charge in [-0.15, -0.1) is 0 Å². The molecule has 1 aromatic heterocycles. The molecule has 92 valence electrons. The summed E-state index contributed by atoms with van der Waals surface area (Å²) in [6.45, 7) is 0.363. The number of nitrogens with two attached hydrogens (primary N) is 1. The molecular weight excluding hydrogens is 254 g/mol. The standard InChI is InChI=1S/C12H10ClN3O2/c13-10-5-11(17)16(7-15-10)6-8-1-3-9(4-2-8)12(14)18/h1-5,7H,6H2,(H2,14,18). The van der Waals surface area contributed by atoms with Gasteiger partial charge in [0, 0.05) is 11.6 Å². The second-order valence-corrected chi connectivity index (χ2v) is 4.13. The predicted octanol–water partition coefficient (Wildman–Crippen LogP) is 1.04. The predicted molar refractivity (Wildman–Crippen MR) is 67.6 cm³/mol. The molecule has 0 spiro atoms. The molecule has 0 atom stereocenters. The van der Waals surface area contributed by atoms with E-state index in [0.717, 1.165) is 5.56 Å². The van der Waals surface area contributed by atoms with Crippen LogP contribution >= 0.6 is 11.6 Å². The minimum absolute atomic E-state index is 0.167. The van der Waals surface area contributed by atoms with E-state index in [1.165, 1.54) is 17.0 Å². The third-order valence-electron chi connectivity index (χ3n) is 2.44. The van der Waals surface area contributed by atoms with Gasteiger partial charge in [0.05, 0.1) is 12.9 Å². The lowest BCUT2D eigenvalue weighted by molar-refractivity contribution is 0.100. The lowest BCUT2D eigenvalue weighted by Gasteiger charge is -2.05. The van der Waals surface area contributed by atoms with Crippen LogP contribution in [0.15, 0.2) is 41.5 Å². The first-order valence-corrected chi connectivity index (χ1v) is 5.55. The second kappa shape index (κ2) is 5.01. The van der Waals surface area contributed by atoms with Crippen LogP contribution in [-0.2, 0) is 6.54 Å². The summed E-state index contributed by atoms with van der Waals surface area (Å²) in [6.07, 6.45) is 1.38. The molecule has 2 rings (SSSR count). The molecule has 0 unspecified atom stereocenters. The highest BCUT2D eigenvalue weighted by Crippen LogP contribution is 2.05. The first-order valence-electron chi connectivity index (χ1n) is 5.17. The summed E-state index contributed by atoms with van der Waals surface area (Å²) >= 11 is 5.60. The van der Waals surface area contributed by atoms with Gasteiger partial charge in [-0.3, -0.25) is 14.2 Å². The van der Waals surface area contributed by atoms with E-state index in [9.17, 15) is 9.59 Å². The van der Waals surface area contributed by atoms with Gasteiger partial charge in [0.1, 0.15) is 5.15 Å². The molecule has 2 N–H and O–H groups in total. The zero-order valence-electron chi connectivity index (χ0n) is 9.34. The van der Waals surface area contributed by atoms with Crippen LogP contribution in [0.3, 0.4) is 0 Å². The Morgan fingerprint density at radius 2 is 2.00 bits per heavy atom. The van der Waals surface area contributed by atoms with Crippen LogP contribution in [-0.4, -0.2) is 15.5 Å². The summed E-state index contributed by atoms with van der Waals surface area (Å²) in [7, 11) is 0. The van der Waals surface area contributed by atoms with Gasteiger partial charge in [0.2, 0.25) is 5.91 Å². The Bertz CT molecular complexity index is 635. The molecule has 6 heteroatoms. The Morgan fingerprint density at radius 1 is 1.33 bits per heavy atom. The number of primary amides is 1. The molecule has 2 aromatic rings. The first kappa shape index (κ1) is 12.3. The Hall–Kier alpha value is -2.14. The average molecular weight is 264 g/mol. The average Bonchev–Trinajstić information content (AvgIpc) is 2.33. The van der Waals surface area contributed by atoms with Crippen LogP contribution in [0.1, 0.15) is 15.9 Å². The Balaban J connectivity index is 2.23. The highest BCUT2D eigenvalue weighted by atomic mass is 35.5. The van der Waals surface area contributed by atoms with Crippen molar-refractivity contribution in [1.82, 2.24) is 9.55 Å². The van der Waals surface area contributed by atoms with E-state index in [1.807, 2.05) is 0 Å². The van der Waals surface area contributed by atoms with Crippen molar-refractivity contribution in [3.63, 3.8) is 0 Å². The van der Waals surface area contributed by atoms with Gasteiger partial charge in [0.25, 0.3) is 5.56 Å². The van der Waals surface area contributed by atoms with Crippen molar-refractivity contribution < 1.29 is 4.79 Å². The monoisotopic (exact) mass is 263 g/mol. The van der Waals surface area contributed by atoms with Crippen LogP contribution in [0.2, 0.25) is 5.15 Å². The van der Waals surface area contributed by atoms with Crippen molar-refractivity contribution in [2.45, 2.75) is 6.54 Å². The number of carbonyl (C=O) groups is 1. The number of halogens is 1. The summed E-state index contributed by atoms with van der Waals surface area (Å²) in [5.41, 5.74) is 6.21. The number of hydrogen-bond donors (Lipinski definition) is 1. The molecule has 0 fully saturated rings. The van der Waals surface area contributed by atoms with Crippen molar-refractivity contribution in [2.75, 3.05) is 0 Å². The van der Waals surface area contributed by atoms with Crippen LogP contribution in [0.25, 0.3) is 0 Å². The summed E-state index contributed by atoms with van der Waals surface area (Å²) in [6, 6.07) is 7.96. The molecule has 0 aliphatic carbocycles. The quantitative estimate of drug-likeness (QED) is 0.841. The minimum Gasteiger partial charge on any atom is -0.366 e. The SMILES string of the molecule is NC(=O)c1ccc(Cn2cnc(Cl)cc2=O)cc1.